The number of carbonyl (C=O) groups is 1. The lowest BCUT2D eigenvalue weighted by molar-refractivity contribution is 0.102. The minimum absolute atomic E-state index is 0.238. The predicted octanol–water partition coefficient (Wildman–Crippen LogP) is 3.46. The maximum atomic E-state index is 12.9. The average Bonchev–Trinajstić information content (AvgIpc) is 3.02. The number of amides is 1. The highest BCUT2D eigenvalue weighted by Crippen LogP contribution is 2.27. The number of nitrogens with one attached hydrogen (secondary N) is 1. The molecule has 8 heteroatoms. The van der Waals surface area contributed by atoms with E-state index in [1.165, 1.54) is 12.1 Å². The molecule has 152 valence electrons. The van der Waals surface area contributed by atoms with Gasteiger partial charge >= 0.3 is 0 Å². The summed E-state index contributed by atoms with van der Waals surface area (Å²) in [5.41, 5.74) is 1.55. The number of piperidine rings is 1. The van der Waals surface area contributed by atoms with Crippen molar-refractivity contribution in [3.8, 4) is 0 Å². The first-order chi connectivity index (χ1) is 13.2. The van der Waals surface area contributed by atoms with Gasteiger partial charge in [0, 0.05) is 18.8 Å². The maximum absolute atomic E-state index is 12.9. The first-order valence-electron chi connectivity index (χ1n) is 9.59. The Morgan fingerprint density at radius 3 is 2.39 bits per heavy atom. The van der Waals surface area contributed by atoms with Crippen molar-refractivity contribution in [1.82, 2.24) is 9.46 Å². The number of hydrogen-bond donors (Lipinski definition) is 1. The topological polar surface area (TPSA) is 92.5 Å². The molecule has 7 nitrogen and oxygen atoms in total. The lowest BCUT2D eigenvalue weighted by atomic mass is 9.94. The molecule has 1 N–H and O–H groups in total. The third kappa shape index (κ3) is 4.12. The Hall–Kier alpha value is -2.19. The molecule has 1 fully saturated rings. The van der Waals surface area contributed by atoms with E-state index < -0.39 is 10.0 Å². The number of nitrogens with zero attached hydrogens (tertiary/aromatic N) is 2. The van der Waals surface area contributed by atoms with Crippen molar-refractivity contribution in [2.75, 3.05) is 18.4 Å². The van der Waals surface area contributed by atoms with Crippen LogP contribution in [-0.4, -0.2) is 36.9 Å². The normalized spacial score (nSPS) is 20.9. The molecule has 1 aliphatic rings. The molecule has 0 radical (unpaired) electrons. The van der Waals surface area contributed by atoms with Gasteiger partial charge in [0.25, 0.3) is 5.91 Å². The van der Waals surface area contributed by atoms with E-state index in [-0.39, 0.29) is 10.8 Å². The number of anilines is 1. The molecule has 2 heterocycles. The molecule has 0 aliphatic carbocycles. The van der Waals surface area contributed by atoms with Crippen LogP contribution < -0.4 is 5.32 Å². The van der Waals surface area contributed by atoms with Crippen molar-refractivity contribution in [2.45, 2.75) is 45.4 Å². The Morgan fingerprint density at radius 1 is 1.21 bits per heavy atom. The average molecular weight is 406 g/mol. The van der Waals surface area contributed by atoms with E-state index in [1.54, 1.807) is 23.4 Å². The van der Waals surface area contributed by atoms with Crippen LogP contribution >= 0.6 is 0 Å². The summed E-state index contributed by atoms with van der Waals surface area (Å²) in [6.07, 6.45) is 1.63. The molecule has 0 saturated carbocycles. The Morgan fingerprint density at radius 2 is 1.82 bits per heavy atom. The molecule has 0 bridgehead atoms. The molecule has 1 aromatic heterocycles. The summed E-state index contributed by atoms with van der Waals surface area (Å²) >= 11 is 0. The number of aryl methyl sites for hydroxylation is 2. The van der Waals surface area contributed by atoms with Crippen molar-refractivity contribution in [2.24, 2.45) is 11.8 Å². The molecule has 1 aliphatic heterocycles. The van der Waals surface area contributed by atoms with E-state index in [2.05, 4.69) is 24.3 Å². The number of benzene rings is 1. The first kappa shape index (κ1) is 20.5. The van der Waals surface area contributed by atoms with Gasteiger partial charge in [-0.1, -0.05) is 25.9 Å². The highest BCUT2D eigenvalue weighted by atomic mass is 32.2. The van der Waals surface area contributed by atoms with Gasteiger partial charge in [-0.2, -0.15) is 4.31 Å². The van der Waals surface area contributed by atoms with Crippen LogP contribution in [-0.2, 0) is 16.4 Å². The van der Waals surface area contributed by atoms with Gasteiger partial charge in [-0.05, 0) is 55.9 Å². The number of rotatable bonds is 5. The van der Waals surface area contributed by atoms with Crippen molar-refractivity contribution in [3.63, 3.8) is 0 Å². The van der Waals surface area contributed by atoms with Crippen molar-refractivity contribution in [3.05, 3.63) is 41.3 Å². The number of aromatic nitrogens is 1. The highest BCUT2D eigenvalue weighted by Gasteiger charge is 2.31. The smallest absolute Gasteiger partial charge is 0.261 e. The van der Waals surface area contributed by atoms with Gasteiger partial charge in [0.15, 0.2) is 0 Å². The zero-order valence-electron chi connectivity index (χ0n) is 16.7. The summed E-state index contributed by atoms with van der Waals surface area (Å²) in [6, 6.07) is 6.29. The quantitative estimate of drug-likeness (QED) is 0.822. The molecular weight excluding hydrogens is 378 g/mol. The maximum Gasteiger partial charge on any atom is 0.261 e. The van der Waals surface area contributed by atoms with Crippen molar-refractivity contribution >= 4 is 21.6 Å². The third-order valence-corrected chi connectivity index (χ3v) is 6.93. The van der Waals surface area contributed by atoms with E-state index in [1.807, 2.05) is 6.92 Å². The fraction of sp³-hybridized carbons (Fsp3) is 0.500. The lowest BCUT2D eigenvalue weighted by Crippen LogP contribution is -2.42. The fourth-order valence-corrected chi connectivity index (χ4v) is 5.48. The lowest BCUT2D eigenvalue weighted by Gasteiger charge is -2.34. The second-order valence-electron chi connectivity index (χ2n) is 7.66. The van der Waals surface area contributed by atoms with Gasteiger partial charge in [-0.3, -0.25) is 4.79 Å². The van der Waals surface area contributed by atoms with Crippen LogP contribution in [0.3, 0.4) is 0 Å². The summed E-state index contributed by atoms with van der Waals surface area (Å²) in [4.78, 5) is 12.8. The van der Waals surface area contributed by atoms with Gasteiger partial charge in [0.2, 0.25) is 10.0 Å². The van der Waals surface area contributed by atoms with Gasteiger partial charge in [0.1, 0.15) is 11.3 Å². The number of carbonyl (C=O) groups excluding carboxylic acids is 1. The highest BCUT2D eigenvalue weighted by molar-refractivity contribution is 7.89. The standard InChI is InChI=1S/C20H27N3O4S/c1-5-18-19(15(4)27-22-18)20(24)21-16-6-8-17(9-7-16)28(25,26)23-11-13(2)10-14(3)12-23/h6-9,13-14H,5,10-12H2,1-4H3,(H,21,24)/t13-,14+. The van der Waals surface area contributed by atoms with Crippen molar-refractivity contribution in [1.29, 1.82) is 0 Å². The summed E-state index contributed by atoms with van der Waals surface area (Å²) in [7, 11) is -3.54. The van der Waals surface area contributed by atoms with E-state index in [0.717, 1.165) is 6.42 Å². The molecule has 0 spiro atoms. The molecule has 1 amide bonds. The van der Waals surface area contributed by atoms with Gasteiger partial charge in [-0.15, -0.1) is 0 Å². The molecular formula is C20H27N3O4S. The molecule has 0 unspecified atom stereocenters. The molecule has 3 rings (SSSR count). The fourth-order valence-electron chi connectivity index (χ4n) is 3.81. The van der Waals surface area contributed by atoms with Crippen LogP contribution in [0.5, 0.6) is 0 Å². The second kappa shape index (κ2) is 8.05. The Kier molecular flexibility index (Phi) is 5.90. The minimum atomic E-state index is -3.54. The largest absolute Gasteiger partial charge is 0.361 e. The summed E-state index contributed by atoms with van der Waals surface area (Å²) in [6.45, 7) is 8.82. The monoisotopic (exact) mass is 405 g/mol. The van der Waals surface area contributed by atoms with Crippen LogP contribution in [0.15, 0.2) is 33.7 Å². The van der Waals surface area contributed by atoms with Gasteiger partial charge in [0.05, 0.1) is 10.6 Å². The van der Waals surface area contributed by atoms with E-state index in [4.69, 9.17) is 4.52 Å². The predicted molar refractivity (Wildman–Crippen MR) is 107 cm³/mol. The molecule has 2 aromatic rings. The van der Waals surface area contributed by atoms with Crippen LogP contribution in [0, 0.1) is 18.8 Å². The van der Waals surface area contributed by atoms with E-state index in [9.17, 15) is 13.2 Å². The number of hydrogen-bond acceptors (Lipinski definition) is 5. The summed E-state index contributed by atoms with van der Waals surface area (Å²) in [5.74, 6) is 0.833. The molecule has 1 saturated heterocycles. The van der Waals surface area contributed by atoms with Crippen LogP contribution in [0.1, 0.15) is 49.0 Å². The minimum Gasteiger partial charge on any atom is -0.361 e. The van der Waals surface area contributed by atoms with Crippen LogP contribution in [0.25, 0.3) is 0 Å². The zero-order chi connectivity index (χ0) is 20.5. The summed E-state index contributed by atoms with van der Waals surface area (Å²) < 4.78 is 32.6. The third-order valence-electron chi connectivity index (χ3n) is 5.08. The van der Waals surface area contributed by atoms with Gasteiger partial charge in [-0.25, -0.2) is 8.42 Å². The summed E-state index contributed by atoms with van der Waals surface area (Å²) in [5, 5.41) is 6.67. The molecule has 28 heavy (non-hydrogen) atoms. The second-order valence-corrected chi connectivity index (χ2v) is 9.60. The van der Waals surface area contributed by atoms with E-state index >= 15 is 0 Å². The van der Waals surface area contributed by atoms with Gasteiger partial charge < -0.3 is 9.84 Å². The number of sulfonamides is 1. The SMILES string of the molecule is CCc1noc(C)c1C(=O)Nc1ccc(S(=O)(=O)N2C[C@H](C)C[C@H](C)C2)cc1. The van der Waals surface area contributed by atoms with Crippen LogP contribution in [0.4, 0.5) is 5.69 Å². The first-order valence-corrected chi connectivity index (χ1v) is 11.0. The van der Waals surface area contributed by atoms with E-state index in [0.29, 0.717) is 54.1 Å². The Labute approximate surface area is 166 Å². The molecule has 1 aromatic carbocycles. The zero-order valence-corrected chi connectivity index (χ0v) is 17.5. The Balaban J connectivity index is 1.76. The Bertz CT molecular complexity index is 940. The van der Waals surface area contributed by atoms with Crippen LogP contribution in [0.2, 0.25) is 0 Å². The molecule has 2 atom stereocenters. The van der Waals surface area contributed by atoms with Crippen molar-refractivity contribution < 1.29 is 17.7 Å².